The van der Waals surface area contributed by atoms with Crippen molar-refractivity contribution in [1.82, 2.24) is 0 Å². The molecule has 1 aromatic heterocycles. The van der Waals surface area contributed by atoms with Gasteiger partial charge in [-0.2, -0.15) is 0 Å². The van der Waals surface area contributed by atoms with E-state index in [4.69, 9.17) is 14.9 Å². The van der Waals surface area contributed by atoms with Crippen LogP contribution in [-0.4, -0.2) is 18.4 Å². The molecule has 3 aromatic carbocycles. The normalized spacial score (nSPS) is 10.9. The summed E-state index contributed by atoms with van der Waals surface area (Å²) in [5.74, 6) is -0.788. The van der Waals surface area contributed by atoms with Crippen molar-refractivity contribution in [2.75, 3.05) is 11.9 Å². The maximum absolute atomic E-state index is 13.3. The van der Waals surface area contributed by atoms with E-state index in [1.807, 2.05) is 37.3 Å². The highest BCUT2D eigenvalue weighted by atomic mass is 16.5. The number of anilines is 1. The second-order valence-electron chi connectivity index (χ2n) is 6.21. The van der Waals surface area contributed by atoms with E-state index in [0.717, 1.165) is 10.8 Å². The van der Waals surface area contributed by atoms with Gasteiger partial charge in [0.05, 0.1) is 12.2 Å². The van der Waals surface area contributed by atoms with E-state index >= 15 is 0 Å². The zero-order valence-electron chi connectivity index (χ0n) is 15.2. The maximum Gasteiger partial charge on any atom is 0.286 e. The van der Waals surface area contributed by atoms with E-state index in [1.54, 1.807) is 30.3 Å². The number of ether oxygens (including phenoxy) is 1. The summed E-state index contributed by atoms with van der Waals surface area (Å²) >= 11 is 0. The average Bonchev–Trinajstić information content (AvgIpc) is 3.07. The van der Waals surface area contributed by atoms with Crippen molar-refractivity contribution < 1.29 is 18.7 Å². The Kier molecular flexibility index (Phi) is 4.45. The number of hydrogen-bond donors (Lipinski definition) is 2. The molecule has 2 amide bonds. The summed E-state index contributed by atoms with van der Waals surface area (Å²) in [6.45, 7) is 2.27. The molecule has 0 unspecified atom stereocenters. The highest BCUT2D eigenvalue weighted by Gasteiger charge is 2.23. The average molecular weight is 374 g/mol. The first kappa shape index (κ1) is 17.6. The van der Waals surface area contributed by atoms with Gasteiger partial charge in [0.15, 0.2) is 0 Å². The van der Waals surface area contributed by atoms with Gasteiger partial charge in [0, 0.05) is 5.39 Å². The molecule has 140 valence electrons. The Labute approximate surface area is 160 Å². The Morgan fingerprint density at radius 3 is 2.46 bits per heavy atom. The van der Waals surface area contributed by atoms with Gasteiger partial charge in [0.2, 0.25) is 5.76 Å². The van der Waals surface area contributed by atoms with Crippen LogP contribution < -0.4 is 15.8 Å². The van der Waals surface area contributed by atoms with Gasteiger partial charge in [-0.1, -0.05) is 42.5 Å². The van der Waals surface area contributed by atoms with Crippen LogP contribution in [0.5, 0.6) is 5.75 Å². The first-order valence-corrected chi connectivity index (χ1v) is 8.87. The number of nitrogens with one attached hydrogen (secondary N) is 1. The Morgan fingerprint density at radius 2 is 1.71 bits per heavy atom. The molecule has 0 atom stereocenters. The number of fused-ring (bicyclic) bond motifs is 2. The topological polar surface area (TPSA) is 94.6 Å². The molecular weight excluding hydrogens is 356 g/mol. The lowest BCUT2D eigenvalue weighted by Crippen LogP contribution is -2.18. The van der Waals surface area contributed by atoms with Crippen molar-refractivity contribution in [1.29, 1.82) is 0 Å². The molecule has 0 aliphatic carbocycles. The van der Waals surface area contributed by atoms with E-state index < -0.39 is 11.8 Å². The molecule has 0 spiro atoms. The zero-order valence-corrected chi connectivity index (χ0v) is 15.2. The van der Waals surface area contributed by atoms with Crippen LogP contribution in [0.3, 0.4) is 0 Å². The number of nitrogens with two attached hydrogens (primary N) is 1. The summed E-state index contributed by atoms with van der Waals surface area (Å²) < 4.78 is 11.2. The van der Waals surface area contributed by atoms with Crippen molar-refractivity contribution in [2.45, 2.75) is 6.92 Å². The number of carbonyl (C=O) groups is 2. The van der Waals surface area contributed by atoms with Crippen LogP contribution in [0.25, 0.3) is 21.7 Å². The summed E-state index contributed by atoms with van der Waals surface area (Å²) in [4.78, 5) is 25.1. The number of para-hydroxylation sites is 1. The Balaban J connectivity index is 1.86. The maximum atomic E-state index is 13.3. The van der Waals surface area contributed by atoms with E-state index in [9.17, 15) is 9.59 Å². The molecule has 0 bridgehead atoms. The summed E-state index contributed by atoms with van der Waals surface area (Å²) in [5.41, 5.74) is 6.56. The summed E-state index contributed by atoms with van der Waals surface area (Å²) in [6, 6.07) is 18.2. The fourth-order valence-corrected chi connectivity index (χ4v) is 3.28. The zero-order chi connectivity index (χ0) is 19.7. The van der Waals surface area contributed by atoms with Gasteiger partial charge in [-0.3, -0.25) is 9.59 Å². The molecule has 0 saturated carbocycles. The van der Waals surface area contributed by atoms with E-state index in [-0.39, 0.29) is 11.4 Å². The molecule has 28 heavy (non-hydrogen) atoms. The number of carbonyl (C=O) groups excluding carboxylic acids is 2. The third kappa shape index (κ3) is 2.95. The van der Waals surface area contributed by atoms with Crippen LogP contribution in [0, 0.1) is 0 Å². The summed E-state index contributed by atoms with van der Waals surface area (Å²) in [7, 11) is 0. The number of amides is 2. The number of hydrogen-bond acceptors (Lipinski definition) is 4. The lowest BCUT2D eigenvalue weighted by atomic mass is 10.0. The van der Waals surface area contributed by atoms with Crippen LogP contribution in [-0.2, 0) is 0 Å². The quantitative estimate of drug-likeness (QED) is 0.543. The first-order valence-electron chi connectivity index (χ1n) is 8.87. The fraction of sp³-hybridized carbons (Fsp3) is 0.0909. The molecule has 3 N–H and O–H groups in total. The summed E-state index contributed by atoms with van der Waals surface area (Å²) in [5, 5.41) is 5.06. The number of benzene rings is 3. The predicted molar refractivity (Wildman–Crippen MR) is 108 cm³/mol. The number of rotatable bonds is 5. The summed E-state index contributed by atoms with van der Waals surface area (Å²) in [6.07, 6.45) is 0. The Morgan fingerprint density at radius 1 is 1.00 bits per heavy atom. The minimum atomic E-state index is -0.755. The highest BCUT2D eigenvalue weighted by Crippen LogP contribution is 2.33. The largest absolute Gasteiger partial charge is 0.493 e. The molecule has 4 aromatic rings. The molecule has 6 heteroatoms. The molecule has 0 fully saturated rings. The van der Waals surface area contributed by atoms with E-state index in [0.29, 0.717) is 28.9 Å². The lowest BCUT2D eigenvalue weighted by molar-refractivity contribution is 0.0977. The van der Waals surface area contributed by atoms with E-state index in [1.165, 1.54) is 0 Å². The lowest BCUT2D eigenvalue weighted by Gasteiger charge is -2.13. The van der Waals surface area contributed by atoms with Crippen molar-refractivity contribution in [3.63, 3.8) is 0 Å². The molecule has 0 aliphatic rings. The SMILES string of the molecule is CCOc1ccc2ccccc2c1C(=O)Nc1c(C(N)=O)oc2ccccc12. The Bertz CT molecular complexity index is 1210. The molecule has 1 heterocycles. The number of furan rings is 1. The van der Waals surface area contributed by atoms with Crippen LogP contribution in [0.15, 0.2) is 65.1 Å². The van der Waals surface area contributed by atoms with Crippen molar-refractivity contribution in [2.24, 2.45) is 5.73 Å². The number of primary amides is 1. The van der Waals surface area contributed by atoms with Crippen LogP contribution >= 0.6 is 0 Å². The molecule has 6 nitrogen and oxygen atoms in total. The van der Waals surface area contributed by atoms with Gasteiger partial charge in [0.25, 0.3) is 11.8 Å². The minimum Gasteiger partial charge on any atom is -0.493 e. The van der Waals surface area contributed by atoms with Crippen LogP contribution in [0.4, 0.5) is 5.69 Å². The van der Waals surface area contributed by atoms with Crippen LogP contribution in [0.1, 0.15) is 27.8 Å². The van der Waals surface area contributed by atoms with Crippen molar-refractivity contribution in [3.8, 4) is 5.75 Å². The van der Waals surface area contributed by atoms with Gasteiger partial charge in [-0.25, -0.2) is 0 Å². The molecule has 0 aliphatic heterocycles. The van der Waals surface area contributed by atoms with Gasteiger partial charge in [0.1, 0.15) is 17.0 Å². The van der Waals surface area contributed by atoms with Crippen molar-refractivity contribution >= 4 is 39.2 Å². The van der Waals surface area contributed by atoms with Gasteiger partial charge in [-0.15, -0.1) is 0 Å². The smallest absolute Gasteiger partial charge is 0.286 e. The van der Waals surface area contributed by atoms with Gasteiger partial charge in [-0.05, 0) is 35.9 Å². The van der Waals surface area contributed by atoms with Crippen LogP contribution in [0.2, 0.25) is 0 Å². The second kappa shape index (κ2) is 7.08. The van der Waals surface area contributed by atoms with Crippen molar-refractivity contribution in [3.05, 3.63) is 72.0 Å². The molecular formula is C22H18N2O4. The van der Waals surface area contributed by atoms with Gasteiger partial charge < -0.3 is 20.2 Å². The minimum absolute atomic E-state index is 0.0900. The molecule has 4 rings (SSSR count). The molecule has 0 radical (unpaired) electrons. The fourth-order valence-electron chi connectivity index (χ4n) is 3.28. The van der Waals surface area contributed by atoms with E-state index in [2.05, 4.69) is 5.32 Å². The second-order valence-corrected chi connectivity index (χ2v) is 6.21. The first-order chi connectivity index (χ1) is 13.6. The highest BCUT2D eigenvalue weighted by molar-refractivity contribution is 6.19. The third-order valence-corrected chi connectivity index (χ3v) is 4.48. The standard InChI is InChI=1S/C22H18N2O4/c1-2-27-17-12-11-13-7-3-4-8-14(13)18(17)22(26)24-19-15-9-5-6-10-16(15)28-20(19)21(23)25/h3-12H,2H2,1H3,(H2,23,25)(H,24,26). The van der Waals surface area contributed by atoms with Gasteiger partial charge >= 0.3 is 0 Å². The molecule has 0 saturated heterocycles. The third-order valence-electron chi connectivity index (χ3n) is 4.48. The monoisotopic (exact) mass is 374 g/mol. The Hall–Kier alpha value is -3.80. The predicted octanol–water partition coefficient (Wildman–Crippen LogP) is 4.34.